The third-order valence-electron chi connectivity index (χ3n) is 1.91. The van der Waals surface area contributed by atoms with Crippen LogP contribution in [0.1, 0.15) is 25.2 Å². The van der Waals surface area contributed by atoms with Crippen molar-refractivity contribution in [1.29, 1.82) is 0 Å². The normalized spacial score (nSPS) is 14.0. The van der Waals surface area contributed by atoms with Crippen LogP contribution >= 0.6 is 0 Å². The topological polar surface area (TPSA) is 81.4 Å². The summed E-state index contributed by atoms with van der Waals surface area (Å²) < 4.78 is 11.6. The van der Waals surface area contributed by atoms with Gasteiger partial charge in [0.2, 0.25) is 0 Å². The van der Waals surface area contributed by atoms with Crippen molar-refractivity contribution in [2.45, 2.75) is 25.8 Å². The summed E-state index contributed by atoms with van der Waals surface area (Å²) in [7, 11) is 0. The minimum absolute atomic E-state index is 0.358. The summed E-state index contributed by atoms with van der Waals surface area (Å²) in [6, 6.07) is 0. The molecule has 1 heterocycles. The summed E-state index contributed by atoms with van der Waals surface area (Å²) in [4.78, 5) is 8.23. The fourth-order valence-electron chi connectivity index (χ4n) is 1.01. The van der Waals surface area contributed by atoms with Crippen LogP contribution in [0.4, 0.5) is 0 Å². The first-order valence-electron chi connectivity index (χ1n) is 4.51. The number of rotatable bonds is 3. The minimum atomic E-state index is -1.14. The number of aryl methyl sites for hydroxylation is 1. The number of hydrogen-bond acceptors (Lipinski definition) is 5. The van der Waals surface area contributed by atoms with E-state index in [1.54, 1.807) is 13.8 Å². The Morgan fingerprint density at radius 2 is 2.33 bits per heavy atom. The Morgan fingerprint density at radius 3 is 2.87 bits per heavy atom. The first-order chi connectivity index (χ1) is 7.10. The number of nitrogens with zero attached hydrogens (tertiary/aromatic N) is 3. The quantitative estimate of drug-likeness (QED) is 0.363. The first-order valence-corrected chi connectivity index (χ1v) is 5.83. The van der Waals surface area contributed by atoms with E-state index < -0.39 is 11.2 Å². The van der Waals surface area contributed by atoms with E-state index in [1.165, 1.54) is 6.20 Å². The van der Waals surface area contributed by atoms with Gasteiger partial charge in [0.05, 0.1) is 6.20 Å². The summed E-state index contributed by atoms with van der Waals surface area (Å²) in [6.45, 7) is 5.18. The Bertz CT molecular complexity index is 382. The second-order valence-corrected chi connectivity index (χ2v) is 4.62. The predicted molar refractivity (Wildman–Crippen MR) is 57.7 cm³/mol. The summed E-state index contributed by atoms with van der Waals surface area (Å²) >= 11 is -1.14. The Kier molecular flexibility index (Phi) is 4.05. The Hall–Kier alpha value is -1.14. The fourth-order valence-corrected chi connectivity index (χ4v) is 1.87. The van der Waals surface area contributed by atoms with Gasteiger partial charge in [0.15, 0.2) is 0 Å². The van der Waals surface area contributed by atoms with Gasteiger partial charge in [0, 0.05) is 11.2 Å². The van der Waals surface area contributed by atoms with Gasteiger partial charge in [-0.25, -0.2) is 0 Å². The predicted octanol–water partition coefficient (Wildman–Crippen LogP) is 1.11. The molecule has 0 spiro atoms. The molecule has 6 heteroatoms. The van der Waals surface area contributed by atoms with Crippen molar-refractivity contribution in [2.75, 3.05) is 5.75 Å². The molecule has 0 aromatic carbocycles. The molecule has 0 bridgehead atoms. The standard InChI is InChI=1S/C9H13N3O2S/c1-4-15(14)9-7(3)10-5-8(11-9)6(2)12-13/h5,13H,4H2,1-3H3/b12-6+. The van der Waals surface area contributed by atoms with Gasteiger partial charge in [0.1, 0.15) is 22.9 Å². The van der Waals surface area contributed by atoms with Gasteiger partial charge >= 0.3 is 0 Å². The number of hydrogen-bond donors (Lipinski definition) is 1. The number of oxime groups is 1. The van der Waals surface area contributed by atoms with E-state index in [2.05, 4.69) is 15.1 Å². The zero-order valence-corrected chi connectivity index (χ0v) is 9.71. The van der Waals surface area contributed by atoms with Crippen molar-refractivity contribution >= 4 is 16.9 Å². The smallest absolute Gasteiger partial charge is 0.266 e. The molecule has 1 unspecified atom stereocenters. The zero-order valence-electron chi connectivity index (χ0n) is 8.89. The fraction of sp³-hybridized carbons (Fsp3) is 0.444. The molecule has 5 nitrogen and oxygen atoms in total. The third kappa shape index (κ3) is 2.66. The van der Waals surface area contributed by atoms with Crippen molar-refractivity contribution in [2.24, 2.45) is 5.16 Å². The van der Waals surface area contributed by atoms with Crippen molar-refractivity contribution in [3.05, 3.63) is 17.6 Å². The summed E-state index contributed by atoms with van der Waals surface area (Å²) in [6.07, 6.45) is 1.50. The molecule has 0 fully saturated rings. The van der Waals surface area contributed by atoms with Gasteiger partial charge < -0.3 is 9.76 Å². The lowest BCUT2D eigenvalue weighted by Gasteiger charge is -2.09. The van der Waals surface area contributed by atoms with Gasteiger partial charge in [0.25, 0.3) is 5.03 Å². The molecular formula is C9H13N3O2S. The summed E-state index contributed by atoms with van der Waals surface area (Å²) in [5.41, 5.74) is 1.45. The zero-order chi connectivity index (χ0) is 11.4. The second-order valence-electron chi connectivity index (χ2n) is 2.97. The lowest BCUT2D eigenvalue weighted by Crippen LogP contribution is -2.13. The second kappa shape index (κ2) is 5.09. The highest BCUT2D eigenvalue weighted by atomic mass is 32.2. The van der Waals surface area contributed by atoms with Crippen LogP contribution in [0.25, 0.3) is 0 Å². The molecule has 1 aromatic heterocycles. The van der Waals surface area contributed by atoms with Gasteiger partial charge in [-0.3, -0.25) is 4.98 Å². The van der Waals surface area contributed by atoms with Gasteiger partial charge in [-0.05, 0) is 20.8 Å². The van der Waals surface area contributed by atoms with E-state index in [1.807, 2.05) is 6.92 Å². The highest BCUT2D eigenvalue weighted by Gasteiger charge is 2.16. The average Bonchev–Trinajstić information content (AvgIpc) is 2.27. The molecule has 1 N–H and O–H groups in total. The van der Waals surface area contributed by atoms with E-state index in [-0.39, 0.29) is 0 Å². The lowest BCUT2D eigenvalue weighted by molar-refractivity contribution is 0.319. The maximum Gasteiger partial charge on any atom is 0.266 e. The van der Waals surface area contributed by atoms with Crippen LogP contribution < -0.4 is 0 Å². The van der Waals surface area contributed by atoms with Gasteiger partial charge in [-0.15, -0.1) is 0 Å². The summed E-state index contributed by atoms with van der Waals surface area (Å²) in [5.74, 6) is 0.494. The summed E-state index contributed by atoms with van der Waals surface area (Å²) in [5, 5.41) is 12.1. The molecule has 0 aliphatic heterocycles. The minimum Gasteiger partial charge on any atom is -0.610 e. The van der Waals surface area contributed by atoms with Crippen LogP contribution in [0.2, 0.25) is 0 Å². The molecule has 15 heavy (non-hydrogen) atoms. The van der Waals surface area contributed by atoms with E-state index in [0.29, 0.717) is 27.9 Å². The number of aromatic nitrogens is 2. The van der Waals surface area contributed by atoms with E-state index in [4.69, 9.17) is 5.21 Å². The maximum absolute atomic E-state index is 11.6. The molecule has 0 radical (unpaired) electrons. The van der Waals surface area contributed by atoms with Crippen LogP contribution in [0, 0.1) is 6.92 Å². The van der Waals surface area contributed by atoms with Gasteiger partial charge in [-0.1, -0.05) is 5.16 Å². The largest absolute Gasteiger partial charge is 0.610 e. The van der Waals surface area contributed by atoms with Crippen LogP contribution in [-0.4, -0.2) is 31.2 Å². The molecule has 0 saturated heterocycles. The molecule has 1 aromatic rings. The van der Waals surface area contributed by atoms with E-state index in [9.17, 15) is 4.55 Å². The highest BCUT2D eigenvalue weighted by Crippen LogP contribution is 2.12. The van der Waals surface area contributed by atoms with Crippen LogP contribution in [0.5, 0.6) is 0 Å². The molecule has 82 valence electrons. The molecule has 1 atom stereocenters. The molecule has 0 aliphatic rings. The van der Waals surface area contributed by atoms with Crippen LogP contribution in [-0.2, 0) is 11.2 Å². The maximum atomic E-state index is 11.6. The monoisotopic (exact) mass is 227 g/mol. The van der Waals surface area contributed by atoms with Gasteiger partial charge in [-0.2, -0.15) is 4.98 Å². The molecule has 0 aliphatic carbocycles. The van der Waals surface area contributed by atoms with Crippen molar-refractivity contribution < 1.29 is 9.76 Å². The van der Waals surface area contributed by atoms with E-state index >= 15 is 0 Å². The van der Waals surface area contributed by atoms with Crippen molar-refractivity contribution in [3.8, 4) is 0 Å². The lowest BCUT2D eigenvalue weighted by atomic mass is 10.3. The third-order valence-corrected chi connectivity index (χ3v) is 3.25. The highest BCUT2D eigenvalue weighted by molar-refractivity contribution is 7.91. The van der Waals surface area contributed by atoms with Crippen molar-refractivity contribution in [3.63, 3.8) is 0 Å². The average molecular weight is 227 g/mol. The molecule has 1 rings (SSSR count). The SMILES string of the molecule is CC[S+]([O-])c1nc(/C(C)=N/O)cnc1C. The Balaban J connectivity index is 3.16. The van der Waals surface area contributed by atoms with Crippen LogP contribution in [0.3, 0.4) is 0 Å². The molecule has 0 amide bonds. The first kappa shape index (κ1) is 11.9. The van der Waals surface area contributed by atoms with E-state index in [0.717, 1.165) is 0 Å². The van der Waals surface area contributed by atoms with Crippen LogP contribution in [0.15, 0.2) is 16.4 Å². The molecule has 0 saturated carbocycles. The van der Waals surface area contributed by atoms with Crippen molar-refractivity contribution in [1.82, 2.24) is 9.97 Å². The molecular weight excluding hydrogens is 214 g/mol. The Labute approximate surface area is 91.4 Å². The Morgan fingerprint density at radius 1 is 1.67 bits per heavy atom.